The number of benzene rings is 1. The van der Waals surface area contributed by atoms with Crippen molar-refractivity contribution in [2.24, 2.45) is 11.7 Å². The molecule has 1 unspecified atom stereocenters. The molecule has 0 aliphatic carbocycles. The van der Waals surface area contributed by atoms with Gasteiger partial charge in [0.1, 0.15) is 5.69 Å². The fourth-order valence-corrected chi connectivity index (χ4v) is 1.95. The first kappa shape index (κ1) is 20.6. The molecule has 2 rings (SSSR count). The first-order valence-corrected chi connectivity index (χ1v) is 6.84. The van der Waals surface area contributed by atoms with Crippen molar-refractivity contribution in [2.45, 2.75) is 26.3 Å². The molecule has 6 heteroatoms. The van der Waals surface area contributed by atoms with Gasteiger partial charge in [-0.1, -0.05) is 38.1 Å². The number of halogens is 2. The maximum Gasteiger partial charge on any atom is 0.270 e. The van der Waals surface area contributed by atoms with Gasteiger partial charge in [-0.05, 0) is 25.0 Å². The SMILES string of the molecule is CC(C)C(C)(CN)NC(=O)c1ccc2ccccc2n1.Cl.Cl. The van der Waals surface area contributed by atoms with E-state index in [2.05, 4.69) is 10.3 Å². The molecule has 0 aliphatic heterocycles. The lowest BCUT2D eigenvalue weighted by molar-refractivity contribution is 0.0878. The van der Waals surface area contributed by atoms with Crippen LogP contribution in [-0.4, -0.2) is 23.0 Å². The number of hydrogen-bond donors (Lipinski definition) is 2. The van der Waals surface area contributed by atoms with E-state index >= 15 is 0 Å². The molecular weight excluding hydrogens is 321 g/mol. The third-order valence-electron chi connectivity index (χ3n) is 3.93. The summed E-state index contributed by atoms with van der Waals surface area (Å²) in [7, 11) is 0. The van der Waals surface area contributed by atoms with Gasteiger partial charge >= 0.3 is 0 Å². The predicted molar refractivity (Wildman–Crippen MR) is 96.0 cm³/mol. The van der Waals surface area contributed by atoms with Gasteiger partial charge in [0.05, 0.1) is 11.1 Å². The summed E-state index contributed by atoms with van der Waals surface area (Å²) in [5.74, 6) is 0.0642. The molecule has 1 atom stereocenters. The van der Waals surface area contributed by atoms with Gasteiger partial charge in [-0.2, -0.15) is 0 Å². The number of amides is 1. The zero-order valence-electron chi connectivity index (χ0n) is 13.0. The van der Waals surface area contributed by atoms with Gasteiger partial charge in [-0.15, -0.1) is 24.8 Å². The average Bonchev–Trinajstić information content (AvgIpc) is 2.46. The number of carbonyl (C=O) groups is 1. The van der Waals surface area contributed by atoms with Crippen LogP contribution in [0.1, 0.15) is 31.3 Å². The van der Waals surface area contributed by atoms with Crippen molar-refractivity contribution in [3.8, 4) is 0 Å². The Morgan fingerprint density at radius 3 is 2.45 bits per heavy atom. The second-order valence-electron chi connectivity index (χ2n) is 5.62. The van der Waals surface area contributed by atoms with Gasteiger partial charge < -0.3 is 11.1 Å². The van der Waals surface area contributed by atoms with Gasteiger partial charge in [-0.25, -0.2) is 4.98 Å². The predicted octanol–water partition coefficient (Wildman–Crippen LogP) is 3.18. The highest BCUT2D eigenvalue weighted by Crippen LogP contribution is 2.17. The lowest BCUT2D eigenvalue weighted by atomic mass is 9.88. The fourth-order valence-electron chi connectivity index (χ4n) is 1.95. The molecule has 22 heavy (non-hydrogen) atoms. The normalized spacial score (nSPS) is 13.0. The highest BCUT2D eigenvalue weighted by atomic mass is 35.5. The molecule has 1 aromatic carbocycles. The highest BCUT2D eigenvalue weighted by molar-refractivity contribution is 5.95. The molecule has 0 saturated carbocycles. The lowest BCUT2D eigenvalue weighted by Crippen LogP contribution is -2.55. The summed E-state index contributed by atoms with van der Waals surface area (Å²) in [6, 6.07) is 11.4. The summed E-state index contributed by atoms with van der Waals surface area (Å²) in [6.07, 6.45) is 0. The van der Waals surface area contributed by atoms with Crippen LogP contribution in [-0.2, 0) is 0 Å². The van der Waals surface area contributed by atoms with Crippen molar-refractivity contribution in [1.82, 2.24) is 10.3 Å². The third kappa shape index (κ3) is 4.32. The molecule has 1 aromatic heterocycles. The van der Waals surface area contributed by atoms with E-state index in [1.807, 2.05) is 51.1 Å². The second-order valence-corrected chi connectivity index (χ2v) is 5.62. The minimum Gasteiger partial charge on any atom is -0.344 e. The van der Waals surface area contributed by atoms with Crippen molar-refractivity contribution in [3.63, 3.8) is 0 Å². The van der Waals surface area contributed by atoms with Crippen LogP contribution in [0.25, 0.3) is 10.9 Å². The second kappa shape index (κ2) is 8.32. The van der Waals surface area contributed by atoms with E-state index in [-0.39, 0.29) is 36.6 Å². The number of pyridine rings is 1. The Bertz CT molecular complexity index is 634. The molecule has 0 radical (unpaired) electrons. The third-order valence-corrected chi connectivity index (χ3v) is 3.93. The number of nitrogens with one attached hydrogen (secondary N) is 1. The Hall–Kier alpha value is -1.36. The maximum atomic E-state index is 12.3. The quantitative estimate of drug-likeness (QED) is 0.895. The first-order chi connectivity index (χ1) is 9.46. The van der Waals surface area contributed by atoms with Gasteiger partial charge in [0.2, 0.25) is 0 Å². The number of rotatable bonds is 4. The molecule has 0 saturated heterocycles. The number of nitrogens with two attached hydrogens (primary N) is 1. The van der Waals surface area contributed by atoms with E-state index in [4.69, 9.17) is 5.73 Å². The summed E-state index contributed by atoms with van der Waals surface area (Å²) < 4.78 is 0. The van der Waals surface area contributed by atoms with Crippen LogP contribution in [0.15, 0.2) is 36.4 Å². The monoisotopic (exact) mass is 343 g/mol. The largest absolute Gasteiger partial charge is 0.344 e. The minimum absolute atomic E-state index is 0. The number of hydrogen-bond acceptors (Lipinski definition) is 3. The molecule has 4 nitrogen and oxygen atoms in total. The molecule has 0 spiro atoms. The zero-order valence-corrected chi connectivity index (χ0v) is 14.6. The average molecular weight is 344 g/mol. The molecule has 2 aromatic rings. The molecule has 1 amide bonds. The van der Waals surface area contributed by atoms with Crippen LogP contribution in [0.5, 0.6) is 0 Å². The summed E-state index contributed by atoms with van der Waals surface area (Å²) in [5.41, 5.74) is 6.60. The number of fused-ring (bicyclic) bond motifs is 1. The van der Waals surface area contributed by atoms with Crippen LogP contribution in [0, 0.1) is 5.92 Å². The number of aromatic nitrogens is 1. The maximum absolute atomic E-state index is 12.3. The van der Waals surface area contributed by atoms with Crippen molar-refractivity contribution in [2.75, 3.05) is 6.54 Å². The van der Waals surface area contributed by atoms with Crippen molar-refractivity contribution >= 4 is 41.6 Å². The van der Waals surface area contributed by atoms with Gasteiger partial charge in [0, 0.05) is 11.9 Å². The summed E-state index contributed by atoms with van der Waals surface area (Å²) in [5, 5.41) is 4.02. The summed E-state index contributed by atoms with van der Waals surface area (Å²) in [6.45, 7) is 6.43. The van der Waals surface area contributed by atoms with Crippen LogP contribution in [0.2, 0.25) is 0 Å². The van der Waals surface area contributed by atoms with Crippen molar-refractivity contribution in [1.29, 1.82) is 0 Å². The van der Waals surface area contributed by atoms with Crippen molar-refractivity contribution < 1.29 is 4.79 Å². The lowest BCUT2D eigenvalue weighted by Gasteiger charge is -2.33. The van der Waals surface area contributed by atoms with E-state index in [1.165, 1.54) is 0 Å². The molecule has 0 aliphatic rings. The van der Waals surface area contributed by atoms with Crippen molar-refractivity contribution in [3.05, 3.63) is 42.1 Å². The Balaban J connectivity index is 0.00000220. The Morgan fingerprint density at radius 2 is 1.86 bits per heavy atom. The van der Waals surface area contributed by atoms with Gasteiger partial charge in [-0.3, -0.25) is 4.79 Å². The van der Waals surface area contributed by atoms with Crippen LogP contribution >= 0.6 is 24.8 Å². The van der Waals surface area contributed by atoms with E-state index in [0.29, 0.717) is 12.2 Å². The molecule has 1 heterocycles. The van der Waals surface area contributed by atoms with Gasteiger partial charge in [0.25, 0.3) is 5.91 Å². The Kier molecular flexibility index (Phi) is 7.81. The van der Waals surface area contributed by atoms with E-state index in [0.717, 1.165) is 10.9 Å². The fraction of sp³-hybridized carbons (Fsp3) is 0.375. The Labute approximate surface area is 143 Å². The zero-order chi connectivity index (χ0) is 14.8. The molecular formula is C16H23Cl2N3O. The van der Waals surface area contributed by atoms with E-state index in [1.54, 1.807) is 6.07 Å². The standard InChI is InChI=1S/C16H21N3O.2ClH/c1-11(2)16(3,10-17)19-15(20)14-9-8-12-6-4-5-7-13(12)18-14;;/h4-9,11H,10,17H2,1-3H3,(H,19,20);2*1H. The van der Waals surface area contributed by atoms with Gasteiger partial charge in [0.15, 0.2) is 0 Å². The number of nitrogens with zero attached hydrogens (tertiary/aromatic N) is 1. The molecule has 0 bridgehead atoms. The van der Waals surface area contributed by atoms with Crippen LogP contribution in [0.4, 0.5) is 0 Å². The first-order valence-electron chi connectivity index (χ1n) is 6.84. The Morgan fingerprint density at radius 1 is 1.23 bits per heavy atom. The van der Waals surface area contributed by atoms with E-state index < -0.39 is 5.54 Å². The highest BCUT2D eigenvalue weighted by Gasteiger charge is 2.29. The number of carbonyl (C=O) groups excluding carboxylic acids is 1. The minimum atomic E-state index is -0.426. The topological polar surface area (TPSA) is 68.0 Å². The van der Waals surface area contributed by atoms with Crippen LogP contribution in [0.3, 0.4) is 0 Å². The summed E-state index contributed by atoms with van der Waals surface area (Å²) in [4.78, 5) is 16.7. The molecule has 0 fully saturated rings. The van der Waals surface area contributed by atoms with Crippen LogP contribution < -0.4 is 11.1 Å². The molecule has 122 valence electrons. The smallest absolute Gasteiger partial charge is 0.270 e. The van der Waals surface area contributed by atoms with E-state index in [9.17, 15) is 4.79 Å². The molecule has 3 N–H and O–H groups in total. The summed E-state index contributed by atoms with van der Waals surface area (Å²) >= 11 is 0. The number of para-hydroxylation sites is 1.